The van der Waals surface area contributed by atoms with Gasteiger partial charge in [0.1, 0.15) is 0 Å². The van der Waals surface area contributed by atoms with Gasteiger partial charge in [-0.25, -0.2) is 8.78 Å². The monoisotopic (exact) mass is 394 g/mol. The van der Waals surface area contributed by atoms with Crippen molar-refractivity contribution in [3.63, 3.8) is 0 Å². The summed E-state index contributed by atoms with van der Waals surface area (Å²) in [5, 5.41) is 0. The summed E-state index contributed by atoms with van der Waals surface area (Å²) in [6, 6.07) is 11.1. The van der Waals surface area contributed by atoms with Crippen LogP contribution in [-0.4, -0.2) is 5.88 Å². The molecule has 1 aliphatic rings. The second kappa shape index (κ2) is 9.01. The van der Waals surface area contributed by atoms with Crippen molar-refractivity contribution in [2.24, 2.45) is 5.92 Å². The maximum absolute atomic E-state index is 14.4. The largest absolute Gasteiger partial charge is 0.203 e. The molecule has 0 nitrogen and oxygen atoms in total. The van der Waals surface area contributed by atoms with E-state index in [9.17, 15) is 8.78 Å². The van der Waals surface area contributed by atoms with Gasteiger partial charge in [0.05, 0.1) is 0 Å². The van der Waals surface area contributed by atoms with Crippen LogP contribution in [0.15, 0.2) is 48.0 Å². The highest BCUT2D eigenvalue weighted by atomic mass is 35.5. The summed E-state index contributed by atoms with van der Waals surface area (Å²) in [6.07, 6.45) is 6.93. The van der Waals surface area contributed by atoms with Crippen LogP contribution >= 0.6 is 23.2 Å². The number of hydrogen-bond donors (Lipinski definition) is 0. The van der Waals surface area contributed by atoms with Gasteiger partial charge in [-0.2, -0.15) is 0 Å². The molecule has 0 amide bonds. The molecule has 0 saturated heterocycles. The molecule has 0 atom stereocenters. The van der Waals surface area contributed by atoms with E-state index in [0.29, 0.717) is 34.9 Å². The molecule has 0 radical (unpaired) electrons. The Hall–Kier alpha value is -1.38. The van der Waals surface area contributed by atoms with Crippen molar-refractivity contribution in [2.75, 3.05) is 5.88 Å². The van der Waals surface area contributed by atoms with Gasteiger partial charge in [-0.15, -0.1) is 11.6 Å². The molecule has 0 N–H and O–H groups in total. The quantitative estimate of drug-likeness (QED) is 0.462. The van der Waals surface area contributed by atoms with E-state index in [2.05, 4.69) is 6.08 Å². The Labute approximate surface area is 163 Å². The van der Waals surface area contributed by atoms with E-state index >= 15 is 0 Å². The maximum Gasteiger partial charge on any atom is 0.166 e. The van der Waals surface area contributed by atoms with Crippen molar-refractivity contribution >= 4 is 23.2 Å². The Bertz CT molecular complexity index is 760. The minimum atomic E-state index is -0.797. The average molecular weight is 395 g/mol. The van der Waals surface area contributed by atoms with Crippen molar-refractivity contribution in [3.05, 3.63) is 70.8 Å². The van der Waals surface area contributed by atoms with Crippen LogP contribution in [0.25, 0.3) is 11.1 Å². The van der Waals surface area contributed by atoms with E-state index in [1.165, 1.54) is 5.56 Å². The molecular weight excluding hydrogens is 373 g/mol. The van der Waals surface area contributed by atoms with Crippen LogP contribution < -0.4 is 0 Å². The Balaban J connectivity index is 1.75. The minimum Gasteiger partial charge on any atom is -0.203 e. The first-order valence-corrected chi connectivity index (χ1v) is 10.0. The van der Waals surface area contributed by atoms with Gasteiger partial charge < -0.3 is 0 Å². The summed E-state index contributed by atoms with van der Waals surface area (Å²) >= 11 is 11.3. The van der Waals surface area contributed by atoms with Gasteiger partial charge in [-0.3, -0.25) is 0 Å². The van der Waals surface area contributed by atoms with Gasteiger partial charge in [-0.05, 0) is 60.6 Å². The molecule has 0 unspecified atom stereocenters. The fourth-order valence-electron chi connectivity index (χ4n) is 3.79. The maximum atomic E-state index is 14.4. The van der Waals surface area contributed by atoms with E-state index in [4.69, 9.17) is 23.2 Å². The topological polar surface area (TPSA) is 0 Å². The zero-order valence-corrected chi connectivity index (χ0v) is 16.0. The standard InChI is InChI=1S/C22H22Cl2F2/c23-13-11-15-1-3-16(4-2-15)17-5-7-18(8-6-17)20-10-9-19(12-14-24)21(25)22(20)26/h5-11,13,15-16H,1-4,12,14H2/b13-11+. The van der Waals surface area contributed by atoms with Gasteiger partial charge in [-0.1, -0.05) is 54.1 Å². The SMILES string of the molecule is Fc1c(CCCl)ccc(-c2ccc(C3CCC(/C=C/Cl)CC3)cc2)c1F. The van der Waals surface area contributed by atoms with Gasteiger partial charge in [0.25, 0.3) is 0 Å². The van der Waals surface area contributed by atoms with Crippen LogP contribution in [0.5, 0.6) is 0 Å². The Morgan fingerprint density at radius 3 is 2.23 bits per heavy atom. The minimum absolute atomic E-state index is 0.271. The van der Waals surface area contributed by atoms with Crippen LogP contribution in [0.2, 0.25) is 0 Å². The zero-order valence-electron chi connectivity index (χ0n) is 14.5. The number of alkyl halides is 1. The molecule has 2 aromatic rings. The second-order valence-corrected chi connectivity index (χ2v) is 7.52. The molecule has 2 aromatic carbocycles. The predicted octanol–water partition coefficient (Wildman–Crippen LogP) is 7.44. The number of benzene rings is 2. The Kier molecular flexibility index (Phi) is 6.72. The molecule has 1 fully saturated rings. The Morgan fingerprint density at radius 2 is 1.62 bits per heavy atom. The van der Waals surface area contributed by atoms with E-state index in [-0.39, 0.29) is 5.88 Å². The highest BCUT2D eigenvalue weighted by molar-refractivity contribution is 6.25. The summed E-state index contributed by atoms with van der Waals surface area (Å²) in [6.45, 7) is 0. The highest BCUT2D eigenvalue weighted by Crippen LogP contribution is 2.37. The number of halogens is 4. The summed E-state index contributed by atoms with van der Waals surface area (Å²) in [5.41, 5.74) is 4.19. The van der Waals surface area contributed by atoms with E-state index < -0.39 is 11.6 Å². The van der Waals surface area contributed by atoms with Gasteiger partial charge >= 0.3 is 0 Å². The van der Waals surface area contributed by atoms with Crippen LogP contribution in [0.1, 0.15) is 42.7 Å². The van der Waals surface area contributed by atoms with E-state index in [0.717, 1.165) is 25.7 Å². The molecule has 26 heavy (non-hydrogen) atoms. The van der Waals surface area contributed by atoms with Gasteiger partial charge in [0.15, 0.2) is 11.6 Å². The number of hydrogen-bond acceptors (Lipinski definition) is 0. The molecule has 0 aliphatic heterocycles. The lowest BCUT2D eigenvalue weighted by atomic mass is 9.78. The molecule has 138 valence electrons. The highest BCUT2D eigenvalue weighted by Gasteiger charge is 2.21. The second-order valence-electron chi connectivity index (χ2n) is 6.89. The van der Waals surface area contributed by atoms with Gasteiger partial charge in [0.2, 0.25) is 0 Å². The molecular formula is C22H22Cl2F2. The first kappa shape index (κ1) is 19.4. The summed E-state index contributed by atoms with van der Waals surface area (Å²) in [4.78, 5) is 0. The van der Waals surface area contributed by atoms with Crippen molar-refractivity contribution in [2.45, 2.75) is 38.0 Å². The number of aryl methyl sites for hydroxylation is 1. The first-order valence-electron chi connectivity index (χ1n) is 9.04. The fourth-order valence-corrected chi connectivity index (χ4v) is 4.20. The summed E-state index contributed by atoms with van der Waals surface area (Å²) in [7, 11) is 0. The third-order valence-corrected chi connectivity index (χ3v) is 5.67. The lowest BCUT2D eigenvalue weighted by molar-refractivity contribution is 0.376. The van der Waals surface area contributed by atoms with Crippen molar-refractivity contribution in [3.8, 4) is 11.1 Å². The lowest BCUT2D eigenvalue weighted by Crippen LogP contribution is -2.11. The van der Waals surface area contributed by atoms with Crippen molar-refractivity contribution in [1.29, 1.82) is 0 Å². The number of allylic oxidation sites excluding steroid dienone is 1. The van der Waals surface area contributed by atoms with Crippen molar-refractivity contribution in [1.82, 2.24) is 0 Å². The first-order chi connectivity index (χ1) is 12.6. The fraction of sp³-hybridized carbons (Fsp3) is 0.364. The number of rotatable bonds is 5. The third kappa shape index (κ3) is 4.29. The van der Waals surface area contributed by atoms with Gasteiger partial charge in [0, 0.05) is 17.0 Å². The molecule has 1 saturated carbocycles. The molecule has 4 heteroatoms. The smallest absolute Gasteiger partial charge is 0.166 e. The van der Waals surface area contributed by atoms with Crippen LogP contribution in [0.4, 0.5) is 8.78 Å². The molecule has 0 aromatic heterocycles. The molecule has 0 bridgehead atoms. The molecule has 0 heterocycles. The van der Waals surface area contributed by atoms with E-state index in [1.54, 1.807) is 17.7 Å². The molecule has 0 spiro atoms. The normalized spacial score (nSPS) is 20.6. The zero-order chi connectivity index (χ0) is 18.5. The predicted molar refractivity (Wildman–Crippen MR) is 106 cm³/mol. The lowest BCUT2D eigenvalue weighted by Gasteiger charge is -2.27. The van der Waals surface area contributed by atoms with Crippen LogP contribution in [0.3, 0.4) is 0 Å². The third-order valence-electron chi connectivity index (χ3n) is 5.34. The average Bonchev–Trinajstić information content (AvgIpc) is 2.67. The summed E-state index contributed by atoms with van der Waals surface area (Å²) < 4.78 is 28.6. The Morgan fingerprint density at radius 1 is 0.923 bits per heavy atom. The van der Waals surface area contributed by atoms with Crippen molar-refractivity contribution < 1.29 is 8.78 Å². The van der Waals surface area contributed by atoms with Crippen LogP contribution in [0, 0.1) is 17.6 Å². The molecule has 3 rings (SSSR count). The van der Waals surface area contributed by atoms with E-state index in [1.807, 2.05) is 24.3 Å². The summed E-state index contributed by atoms with van der Waals surface area (Å²) in [5.74, 6) is -0.220. The molecule has 1 aliphatic carbocycles. The van der Waals surface area contributed by atoms with Crippen LogP contribution in [-0.2, 0) is 6.42 Å².